The van der Waals surface area contributed by atoms with Crippen LogP contribution in [0.2, 0.25) is 10.0 Å². The van der Waals surface area contributed by atoms with Gasteiger partial charge in [0.25, 0.3) is 5.91 Å². The van der Waals surface area contributed by atoms with Crippen LogP contribution in [-0.4, -0.2) is 78.4 Å². The highest BCUT2D eigenvalue weighted by Crippen LogP contribution is 2.34. The zero-order valence-corrected chi connectivity index (χ0v) is 22.3. The van der Waals surface area contributed by atoms with Gasteiger partial charge in [0.1, 0.15) is 16.3 Å². The van der Waals surface area contributed by atoms with Crippen LogP contribution in [0, 0.1) is 6.92 Å². The quantitative estimate of drug-likeness (QED) is 0.422. The SMILES string of the molecule is COC(=O)c1sc(N2CCC(NC(=O)c3[nH]c(C)c(Cl)c3Cl)C(OC)C2)nc1-c1nccc(OC)n1. The van der Waals surface area contributed by atoms with Gasteiger partial charge in [-0.05, 0) is 13.3 Å². The Morgan fingerprint density at radius 3 is 2.64 bits per heavy atom. The Labute approximate surface area is 221 Å². The molecular formula is C22H24Cl2N6O5S. The molecule has 0 bridgehead atoms. The fourth-order valence-electron chi connectivity index (χ4n) is 3.86. The Morgan fingerprint density at radius 2 is 2.00 bits per heavy atom. The van der Waals surface area contributed by atoms with Crippen molar-refractivity contribution in [1.29, 1.82) is 0 Å². The number of H-pyrrole nitrogens is 1. The number of carbonyl (C=O) groups is 2. The Morgan fingerprint density at radius 1 is 1.22 bits per heavy atom. The van der Waals surface area contributed by atoms with E-state index in [1.54, 1.807) is 20.1 Å². The molecule has 2 unspecified atom stereocenters. The number of ether oxygens (including phenoxy) is 3. The molecule has 4 heterocycles. The number of nitrogens with one attached hydrogen (secondary N) is 2. The van der Waals surface area contributed by atoms with E-state index in [9.17, 15) is 9.59 Å². The molecule has 3 aromatic rings. The minimum atomic E-state index is -0.539. The first-order valence-corrected chi connectivity index (χ1v) is 12.4. The number of aromatic amines is 1. The highest BCUT2D eigenvalue weighted by molar-refractivity contribution is 7.17. The minimum Gasteiger partial charge on any atom is -0.481 e. The number of piperidine rings is 1. The molecule has 2 atom stereocenters. The predicted octanol–water partition coefficient (Wildman–Crippen LogP) is 3.36. The lowest BCUT2D eigenvalue weighted by Crippen LogP contribution is -2.55. The number of aryl methyl sites for hydroxylation is 1. The normalized spacial score (nSPS) is 17.7. The molecule has 0 aliphatic carbocycles. The first-order valence-electron chi connectivity index (χ1n) is 10.9. The molecule has 11 nitrogen and oxygen atoms in total. The van der Waals surface area contributed by atoms with E-state index in [0.29, 0.717) is 46.9 Å². The molecule has 0 aromatic carbocycles. The second-order valence-electron chi connectivity index (χ2n) is 7.93. The van der Waals surface area contributed by atoms with Crippen LogP contribution in [0.4, 0.5) is 5.13 Å². The third-order valence-electron chi connectivity index (χ3n) is 5.77. The van der Waals surface area contributed by atoms with Crippen molar-refractivity contribution >= 4 is 51.5 Å². The molecule has 36 heavy (non-hydrogen) atoms. The van der Waals surface area contributed by atoms with Crippen molar-refractivity contribution in [3.05, 3.63) is 38.6 Å². The van der Waals surface area contributed by atoms with Gasteiger partial charge in [0.05, 0.1) is 36.4 Å². The molecule has 1 fully saturated rings. The number of aromatic nitrogens is 4. The van der Waals surface area contributed by atoms with E-state index in [0.717, 1.165) is 0 Å². The number of carbonyl (C=O) groups excluding carboxylic acids is 2. The Bertz CT molecular complexity index is 1280. The highest BCUT2D eigenvalue weighted by atomic mass is 35.5. The average Bonchev–Trinajstić information content (AvgIpc) is 3.46. The predicted molar refractivity (Wildman–Crippen MR) is 135 cm³/mol. The van der Waals surface area contributed by atoms with Gasteiger partial charge in [-0.3, -0.25) is 4.79 Å². The van der Waals surface area contributed by atoms with Crippen LogP contribution >= 0.6 is 34.5 Å². The van der Waals surface area contributed by atoms with Crippen molar-refractivity contribution in [2.45, 2.75) is 25.5 Å². The summed E-state index contributed by atoms with van der Waals surface area (Å²) in [5, 5.41) is 4.07. The second kappa shape index (κ2) is 11.0. The van der Waals surface area contributed by atoms with E-state index in [1.165, 1.54) is 31.8 Å². The van der Waals surface area contributed by atoms with Crippen molar-refractivity contribution in [3.63, 3.8) is 0 Å². The molecule has 4 rings (SSSR count). The number of amides is 1. The summed E-state index contributed by atoms with van der Waals surface area (Å²) in [4.78, 5) is 43.7. The fraction of sp³-hybridized carbons (Fsp3) is 0.409. The summed E-state index contributed by atoms with van der Waals surface area (Å²) in [6, 6.07) is 1.32. The number of methoxy groups -OCH3 is 3. The summed E-state index contributed by atoms with van der Waals surface area (Å²) in [6.45, 7) is 2.71. The van der Waals surface area contributed by atoms with Gasteiger partial charge in [0, 0.05) is 38.2 Å². The number of halogens is 2. The molecule has 1 aliphatic heterocycles. The van der Waals surface area contributed by atoms with Gasteiger partial charge in [-0.1, -0.05) is 34.5 Å². The van der Waals surface area contributed by atoms with Crippen LogP contribution in [-0.2, 0) is 9.47 Å². The lowest BCUT2D eigenvalue weighted by atomic mass is 10.0. The van der Waals surface area contributed by atoms with Crippen molar-refractivity contribution in [3.8, 4) is 17.4 Å². The molecule has 1 amide bonds. The van der Waals surface area contributed by atoms with Crippen LogP contribution in [0.25, 0.3) is 11.5 Å². The number of hydrogen-bond acceptors (Lipinski definition) is 10. The summed E-state index contributed by atoms with van der Waals surface area (Å²) >= 11 is 13.5. The van der Waals surface area contributed by atoms with E-state index < -0.39 is 5.97 Å². The molecule has 1 saturated heterocycles. The van der Waals surface area contributed by atoms with Crippen molar-refractivity contribution in [2.24, 2.45) is 0 Å². The fourth-order valence-corrected chi connectivity index (χ4v) is 5.29. The lowest BCUT2D eigenvalue weighted by molar-refractivity contribution is 0.0540. The summed E-state index contributed by atoms with van der Waals surface area (Å²) in [5.74, 6) is -0.308. The molecule has 0 spiro atoms. The zero-order valence-electron chi connectivity index (χ0n) is 19.9. The molecule has 14 heteroatoms. The van der Waals surface area contributed by atoms with Crippen LogP contribution in [0.1, 0.15) is 32.3 Å². The maximum absolute atomic E-state index is 12.8. The summed E-state index contributed by atoms with van der Waals surface area (Å²) in [7, 11) is 4.37. The molecule has 192 valence electrons. The van der Waals surface area contributed by atoms with Gasteiger partial charge < -0.3 is 29.4 Å². The minimum absolute atomic E-state index is 0.184. The largest absolute Gasteiger partial charge is 0.481 e. The third-order valence-corrected chi connectivity index (χ3v) is 7.81. The highest BCUT2D eigenvalue weighted by Gasteiger charge is 2.34. The number of rotatable bonds is 7. The van der Waals surface area contributed by atoms with Crippen LogP contribution < -0.4 is 15.0 Å². The second-order valence-corrected chi connectivity index (χ2v) is 9.66. The van der Waals surface area contributed by atoms with Crippen molar-refractivity contribution in [1.82, 2.24) is 25.3 Å². The third kappa shape index (κ3) is 5.12. The van der Waals surface area contributed by atoms with Crippen LogP contribution in [0.5, 0.6) is 5.88 Å². The van der Waals surface area contributed by atoms with Gasteiger partial charge in [0.15, 0.2) is 11.0 Å². The lowest BCUT2D eigenvalue weighted by Gasteiger charge is -2.37. The molecule has 0 radical (unpaired) electrons. The number of anilines is 1. The van der Waals surface area contributed by atoms with E-state index in [1.807, 2.05) is 4.90 Å². The monoisotopic (exact) mass is 554 g/mol. The topological polar surface area (TPSA) is 132 Å². The molecule has 0 saturated carbocycles. The van der Waals surface area contributed by atoms with Gasteiger partial charge in [-0.25, -0.2) is 14.8 Å². The van der Waals surface area contributed by atoms with E-state index in [2.05, 4.69) is 25.3 Å². The van der Waals surface area contributed by atoms with Crippen molar-refractivity contribution < 1.29 is 23.8 Å². The number of hydrogen-bond donors (Lipinski definition) is 2. The number of esters is 1. The Kier molecular flexibility index (Phi) is 7.98. The van der Waals surface area contributed by atoms with Gasteiger partial charge in [-0.2, -0.15) is 4.98 Å². The Balaban J connectivity index is 1.55. The van der Waals surface area contributed by atoms with E-state index in [-0.39, 0.29) is 39.5 Å². The molecular weight excluding hydrogens is 531 g/mol. The summed E-state index contributed by atoms with van der Waals surface area (Å²) in [5.41, 5.74) is 1.13. The first-order chi connectivity index (χ1) is 17.3. The average molecular weight is 555 g/mol. The van der Waals surface area contributed by atoms with Gasteiger partial charge >= 0.3 is 5.97 Å². The Hall–Kier alpha value is -2.93. The first kappa shape index (κ1) is 26.1. The molecule has 2 N–H and O–H groups in total. The maximum Gasteiger partial charge on any atom is 0.350 e. The summed E-state index contributed by atoms with van der Waals surface area (Å²) < 4.78 is 15.8. The van der Waals surface area contributed by atoms with Crippen LogP contribution in [0.15, 0.2) is 12.3 Å². The summed E-state index contributed by atoms with van der Waals surface area (Å²) in [6.07, 6.45) is 1.74. The van der Waals surface area contributed by atoms with Crippen LogP contribution in [0.3, 0.4) is 0 Å². The molecule has 3 aromatic heterocycles. The number of thiazole rings is 1. The van der Waals surface area contributed by atoms with Crippen molar-refractivity contribution in [2.75, 3.05) is 39.3 Å². The molecule has 1 aliphatic rings. The smallest absolute Gasteiger partial charge is 0.350 e. The zero-order chi connectivity index (χ0) is 26.0. The van der Waals surface area contributed by atoms with E-state index in [4.69, 9.17) is 37.4 Å². The van der Waals surface area contributed by atoms with Gasteiger partial charge in [0.2, 0.25) is 5.88 Å². The standard InChI is InChI=1S/C22H24Cl2N6O5S/c1-10-14(23)15(24)16(26-10)20(31)27-11-6-8-30(9-12(11)33-2)22-29-17(18(36-22)21(32)35-4)19-25-7-5-13(28-19)34-3/h5,7,11-12,26H,6,8-9H2,1-4H3,(H,27,31). The number of nitrogens with zero attached hydrogens (tertiary/aromatic N) is 4. The van der Waals surface area contributed by atoms with Gasteiger partial charge in [-0.15, -0.1) is 0 Å². The maximum atomic E-state index is 12.8. The van der Waals surface area contributed by atoms with E-state index >= 15 is 0 Å².